The number of nitrogens with one attached hydrogen (secondary N) is 1. The Labute approximate surface area is 119 Å². The van der Waals surface area contributed by atoms with Crippen molar-refractivity contribution in [2.45, 2.75) is 22.7 Å². The number of alkyl halides is 4. The molecule has 1 aromatic carbocycles. The van der Waals surface area contributed by atoms with Crippen molar-refractivity contribution in [2.75, 3.05) is 5.32 Å². The van der Waals surface area contributed by atoms with Crippen molar-refractivity contribution in [3.05, 3.63) is 30.3 Å². The molecule has 2 atom stereocenters. The quantitative estimate of drug-likeness (QED) is 0.845. The minimum absolute atomic E-state index is 0.187. The zero-order chi connectivity index (χ0) is 15.4. The Bertz CT molecular complexity index is 584. The van der Waals surface area contributed by atoms with Crippen molar-refractivity contribution >= 4 is 27.1 Å². The van der Waals surface area contributed by atoms with Crippen LogP contribution in [0.4, 0.5) is 18.9 Å². The summed E-state index contributed by atoms with van der Waals surface area (Å²) < 4.78 is 60.7. The minimum atomic E-state index is -5.49. The lowest BCUT2D eigenvalue weighted by molar-refractivity contribution is -0.0443. The monoisotopic (exact) mass is 326 g/mol. The molecule has 0 aromatic heterocycles. The van der Waals surface area contributed by atoms with Gasteiger partial charge in [-0.25, -0.2) is 8.42 Å². The minimum Gasteiger partial charge on any atom is -0.369 e. The van der Waals surface area contributed by atoms with Crippen LogP contribution in [0.15, 0.2) is 30.3 Å². The van der Waals surface area contributed by atoms with Gasteiger partial charge in [-0.2, -0.15) is 18.4 Å². The van der Waals surface area contributed by atoms with E-state index in [0.717, 1.165) is 0 Å². The topological polar surface area (TPSA) is 70.0 Å². The molecular formula is C11H10ClF3N2O2S. The highest BCUT2D eigenvalue weighted by Crippen LogP contribution is 2.30. The first-order chi connectivity index (χ1) is 9.18. The van der Waals surface area contributed by atoms with E-state index in [1.165, 1.54) is 30.3 Å². The van der Waals surface area contributed by atoms with Gasteiger partial charge in [-0.05, 0) is 12.1 Å². The summed E-state index contributed by atoms with van der Waals surface area (Å²) in [5.74, 6) is 0. The summed E-state index contributed by atoms with van der Waals surface area (Å²) in [4.78, 5) is 0. The number of hydrogen-bond donors (Lipinski definition) is 1. The molecule has 0 radical (unpaired) electrons. The first kappa shape index (κ1) is 16.6. The molecule has 0 bridgehead atoms. The maximum absolute atomic E-state index is 12.6. The highest BCUT2D eigenvalue weighted by Gasteiger charge is 2.51. The smallest absolute Gasteiger partial charge is 0.369 e. The van der Waals surface area contributed by atoms with Gasteiger partial charge in [-0.15, -0.1) is 11.6 Å². The molecule has 20 heavy (non-hydrogen) atoms. The van der Waals surface area contributed by atoms with Gasteiger partial charge in [0.05, 0.1) is 6.07 Å². The Kier molecular flexibility index (Phi) is 5.25. The normalized spacial score (nSPS) is 15.2. The molecule has 1 aromatic rings. The second-order valence-electron chi connectivity index (χ2n) is 3.82. The van der Waals surface area contributed by atoms with Crippen molar-refractivity contribution in [3.8, 4) is 6.07 Å². The molecule has 2 unspecified atom stereocenters. The average molecular weight is 327 g/mol. The zero-order valence-electron chi connectivity index (χ0n) is 9.93. The van der Waals surface area contributed by atoms with Crippen molar-refractivity contribution in [2.24, 2.45) is 0 Å². The molecule has 0 spiro atoms. The van der Waals surface area contributed by atoms with Crippen LogP contribution in [-0.4, -0.2) is 24.7 Å². The Morgan fingerprint density at radius 2 is 1.85 bits per heavy atom. The van der Waals surface area contributed by atoms with E-state index >= 15 is 0 Å². The summed E-state index contributed by atoms with van der Waals surface area (Å²) >= 11 is 5.45. The molecule has 0 fully saturated rings. The number of nitrogens with zero attached hydrogens (tertiary/aromatic N) is 1. The third-order valence-electron chi connectivity index (χ3n) is 2.36. The molecule has 0 saturated heterocycles. The largest absolute Gasteiger partial charge is 0.499 e. The zero-order valence-corrected chi connectivity index (χ0v) is 11.5. The predicted molar refractivity (Wildman–Crippen MR) is 68.7 cm³/mol. The van der Waals surface area contributed by atoms with E-state index in [-0.39, 0.29) is 5.69 Å². The van der Waals surface area contributed by atoms with Crippen LogP contribution in [0.1, 0.15) is 6.42 Å². The number of benzene rings is 1. The first-order valence-electron chi connectivity index (χ1n) is 5.34. The summed E-state index contributed by atoms with van der Waals surface area (Å²) in [6.45, 7) is 0. The third-order valence-corrected chi connectivity index (χ3v) is 4.34. The molecule has 110 valence electrons. The maximum atomic E-state index is 12.6. The fraction of sp³-hybridized carbons (Fsp3) is 0.364. The van der Waals surface area contributed by atoms with E-state index < -0.39 is 32.5 Å². The van der Waals surface area contributed by atoms with Crippen molar-refractivity contribution < 1.29 is 21.6 Å². The molecule has 0 aliphatic heterocycles. The molecule has 0 saturated carbocycles. The summed E-state index contributed by atoms with van der Waals surface area (Å²) in [6, 6.07) is 9.00. The second-order valence-corrected chi connectivity index (χ2v) is 6.47. The number of rotatable bonds is 5. The van der Waals surface area contributed by atoms with Gasteiger partial charge >= 0.3 is 5.51 Å². The third kappa shape index (κ3) is 4.02. The van der Waals surface area contributed by atoms with Crippen molar-refractivity contribution in [1.82, 2.24) is 0 Å². The van der Waals surface area contributed by atoms with Crippen LogP contribution < -0.4 is 5.32 Å². The number of para-hydroxylation sites is 1. The number of nitriles is 1. The maximum Gasteiger partial charge on any atom is 0.499 e. The Hall–Kier alpha value is -1.46. The SMILES string of the molecule is N#CC(Cl)CC(Nc1ccccc1)S(=O)(=O)C(F)(F)F. The van der Waals surface area contributed by atoms with E-state index in [4.69, 9.17) is 16.9 Å². The molecular weight excluding hydrogens is 317 g/mol. The van der Waals surface area contributed by atoms with E-state index in [1.54, 1.807) is 6.07 Å². The van der Waals surface area contributed by atoms with Gasteiger partial charge < -0.3 is 5.32 Å². The van der Waals surface area contributed by atoms with Crippen LogP contribution in [0.5, 0.6) is 0 Å². The van der Waals surface area contributed by atoms with Gasteiger partial charge in [-0.1, -0.05) is 18.2 Å². The number of hydrogen-bond acceptors (Lipinski definition) is 4. The van der Waals surface area contributed by atoms with E-state index in [1.807, 2.05) is 0 Å². The molecule has 0 aliphatic rings. The van der Waals surface area contributed by atoms with E-state index in [2.05, 4.69) is 5.32 Å². The summed E-state index contributed by atoms with van der Waals surface area (Å²) in [6.07, 6.45) is -0.686. The van der Waals surface area contributed by atoms with Gasteiger partial charge in [0.2, 0.25) is 0 Å². The number of halogens is 4. The highest BCUT2D eigenvalue weighted by atomic mass is 35.5. The van der Waals surface area contributed by atoms with Crippen molar-refractivity contribution in [3.63, 3.8) is 0 Å². The fourth-order valence-corrected chi connectivity index (χ4v) is 2.73. The Morgan fingerprint density at radius 3 is 2.30 bits per heavy atom. The molecule has 9 heteroatoms. The number of anilines is 1. The van der Waals surface area contributed by atoms with Gasteiger partial charge in [0.1, 0.15) is 10.8 Å². The summed E-state index contributed by atoms with van der Waals surface area (Å²) in [7, 11) is -5.49. The second kappa shape index (κ2) is 6.33. The highest BCUT2D eigenvalue weighted by molar-refractivity contribution is 7.93. The van der Waals surface area contributed by atoms with Crippen LogP contribution in [0.25, 0.3) is 0 Å². The van der Waals surface area contributed by atoms with Crippen molar-refractivity contribution in [1.29, 1.82) is 5.26 Å². The fourth-order valence-electron chi connectivity index (χ4n) is 1.39. The average Bonchev–Trinajstić information content (AvgIpc) is 2.37. The van der Waals surface area contributed by atoms with Gasteiger partial charge in [0.25, 0.3) is 9.84 Å². The van der Waals surface area contributed by atoms with Crippen LogP contribution in [0, 0.1) is 11.3 Å². The lowest BCUT2D eigenvalue weighted by Crippen LogP contribution is -2.40. The summed E-state index contributed by atoms with van der Waals surface area (Å²) in [5.41, 5.74) is -5.24. The lowest BCUT2D eigenvalue weighted by atomic mass is 10.3. The standard InChI is InChI=1S/C11H10ClF3N2O2S/c12-8(7-16)6-10(20(18,19)11(13,14)15)17-9-4-2-1-3-5-9/h1-5,8,10,17H,6H2. The van der Waals surface area contributed by atoms with Gasteiger partial charge in [0, 0.05) is 12.1 Å². The molecule has 1 N–H and O–H groups in total. The molecule has 1 rings (SSSR count). The first-order valence-corrected chi connectivity index (χ1v) is 7.32. The Morgan fingerprint density at radius 1 is 1.30 bits per heavy atom. The van der Waals surface area contributed by atoms with Crippen LogP contribution >= 0.6 is 11.6 Å². The van der Waals surface area contributed by atoms with Crippen LogP contribution in [0.2, 0.25) is 0 Å². The van der Waals surface area contributed by atoms with Crippen LogP contribution in [0.3, 0.4) is 0 Å². The van der Waals surface area contributed by atoms with Gasteiger partial charge in [-0.3, -0.25) is 0 Å². The molecule has 0 aliphatic carbocycles. The predicted octanol–water partition coefficient (Wildman–Crippen LogP) is 2.88. The Balaban J connectivity index is 3.07. The number of sulfone groups is 1. The van der Waals surface area contributed by atoms with Gasteiger partial charge in [0.15, 0.2) is 0 Å². The molecule has 0 heterocycles. The lowest BCUT2D eigenvalue weighted by Gasteiger charge is -2.21. The van der Waals surface area contributed by atoms with E-state index in [9.17, 15) is 21.6 Å². The molecule has 0 amide bonds. The van der Waals surface area contributed by atoms with E-state index in [0.29, 0.717) is 0 Å². The summed E-state index contributed by atoms with van der Waals surface area (Å²) in [5, 5.41) is 7.41. The molecule has 4 nitrogen and oxygen atoms in total. The van der Waals surface area contributed by atoms with Crippen LogP contribution in [-0.2, 0) is 9.84 Å².